The molecule has 0 aliphatic carbocycles. The summed E-state index contributed by atoms with van der Waals surface area (Å²) in [6.45, 7) is 4.69. The van der Waals surface area contributed by atoms with Crippen molar-refractivity contribution >= 4 is 6.71 Å². The van der Waals surface area contributed by atoms with Gasteiger partial charge in [-0.05, 0) is 0 Å². The molecule has 0 aromatic heterocycles. The van der Waals surface area contributed by atoms with E-state index in [1.165, 1.54) is 0 Å². The molecule has 0 saturated heterocycles. The molecule has 0 radical (unpaired) electrons. The maximum Gasteiger partial charge on any atom is 0.165 e. The van der Waals surface area contributed by atoms with Gasteiger partial charge in [0.1, 0.15) is 0 Å². The van der Waals surface area contributed by atoms with Gasteiger partial charge < -0.3 is 5.11 Å². The first-order chi connectivity index (χ1) is 2.27. The number of hydrogen-bond donors (Lipinski definition) is 1. The monoisotopic (exact) mass is 72.1 g/mol. The molecule has 0 fully saturated rings. The average Bonchev–Trinajstić information content (AvgIpc) is 1.38. The fourth-order valence-corrected chi connectivity index (χ4v) is 0. The fourth-order valence-electron chi connectivity index (χ4n) is 0. The largest absolute Gasteiger partial charge is 0.405 e. The first kappa shape index (κ1) is 5.02. The number of aliphatic hydroxyl groups is 1. The summed E-state index contributed by atoms with van der Waals surface area (Å²) >= 11 is 0. The van der Waals surface area contributed by atoms with Crippen molar-refractivity contribution < 1.29 is 5.11 Å². The van der Waals surface area contributed by atoms with Gasteiger partial charge in [0.15, 0.2) is 6.71 Å². The van der Waals surface area contributed by atoms with Crippen LogP contribution in [0.15, 0.2) is 0 Å². The molecule has 0 aromatic carbocycles. The fraction of sp³-hybridized carbons (Fsp3) is 1.00. The summed E-state index contributed by atoms with van der Waals surface area (Å²) in [6, 6.07) is 0. The standard InChI is InChI=1S/C3H9BO/c1-4(2)3-5/h5H,3H2,1-2H3. The summed E-state index contributed by atoms with van der Waals surface area (Å²) in [7, 11) is 0. The Morgan fingerprint density at radius 1 is 1.60 bits per heavy atom. The molecule has 5 heavy (non-hydrogen) atoms. The third kappa shape index (κ3) is 4.02. The van der Waals surface area contributed by atoms with Gasteiger partial charge in [0, 0.05) is 6.51 Å². The minimum Gasteiger partial charge on any atom is -0.405 e. The van der Waals surface area contributed by atoms with Gasteiger partial charge in [0.05, 0.1) is 0 Å². The molecule has 0 atom stereocenters. The maximum atomic E-state index is 8.14. The van der Waals surface area contributed by atoms with Gasteiger partial charge in [0.25, 0.3) is 0 Å². The third-order valence-electron chi connectivity index (χ3n) is 0.365. The zero-order valence-corrected chi connectivity index (χ0v) is 3.73. The molecule has 0 aromatic rings. The maximum absolute atomic E-state index is 8.14. The van der Waals surface area contributed by atoms with E-state index in [0.29, 0.717) is 13.2 Å². The lowest BCUT2D eigenvalue weighted by atomic mass is 9.56. The van der Waals surface area contributed by atoms with Crippen molar-refractivity contribution in [3.8, 4) is 0 Å². The van der Waals surface area contributed by atoms with Gasteiger partial charge in [-0.25, -0.2) is 0 Å². The molecule has 0 rings (SSSR count). The molecule has 0 aliphatic rings. The molecule has 0 unspecified atom stereocenters. The highest BCUT2D eigenvalue weighted by molar-refractivity contribution is 6.55. The minimum absolute atomic E-state index is 0.306. The van der Waals surface area contributed by atoms with Gasteiger partial charge in [-0.3, -0.25) is 0 Å². The average molecular weight is 71.9 g/mol. The van der Waals surface area contributed by atoms with Crippen molar-refractivity contribution in [3.63, 3.8) is 0 Å². The Kier molecular flexibility index (Phi) is 2.28. The van der Waals surface area contributed by atoms with Gasteiger partial charge in [-0.2, -0.15) is 0 Å². The smallest absolute Gasteiger partial charge is 0.165 e. The van der Waals surface area contributed by atoms with Gasteiger partial charge in [-0.15, -0.1) is 0 Å². The van der Waals surface area contributed by atoms with Crippen molar-refractivity contribution in [2.24, 2.45) is 0 Å². The van der Waals surface area contributed by atoms with Crippen LogP contribution in [-0.4, -0.2) is 18.3 Å². The molecule has 2 heteroatoms. The lowest BCUT2D eigenvalue weighted by Gasteiger charge is -1.84. The molecule has 0 heterocycles. The van der Waals surface area contributed by atoms with E-state index in [4.69, 9.17) is 5.11 Å². The van der Waals surface area contributed by atoms with E-state index < -0.39 is 0 Å². The number of rotatable bonds is 1. The van der Waals surface area contributed by atoms with Crippen molar-refractivity contribution in [3.05, 3.63) is 0 Å². The van der Waals surface area contributed by atoms with Crippen molar-refractivity contribution in [1.82, 2.24) is 0 Å². The Labute approximate surface area is 33.1 Å². The van der Waals surface area contributed by atoms with Crippen molar-refractivity contribution in [2.75, 3.05) is 6.51 Å². The molecular formula is C3H9BO. The Balaban J connectivity index is 2.54. The van der Waals surface area contributed by atoms with E-state index in [2.05, 4.69) is 0 Å². The Hall–Kier alpha value is 0.0249. The summed E-state index contributed by atoms with van der Waals surface area (Å²) in [4.78, 5) is 0. The molecule has 1 N–H and O–H groups in total. The van der Waals surface area contributed by atoms with Crippen LogP contribution in [0.3, 0.4) is 0 Å². The van der Waals surface area contributed by atoms with Crippen LogP contribution in [0.5, 0.6) is 0 Å². The molecule has 30 valence electrons. The Bertz CT molecular complexity index is 20.9. The van der Waals surface area contributed by atoms with E-state index in [-0.39, 0.29) is 0 Å². The third-order valence-corrected chi connectivity index (χ3v) is 0.365. The van der Waals surface area contributed by atoms with E-state index in [0.717, 1.165) is 0 Å². The predicted octanol–water partition coefficient (Wildman–Crippen LogP) is 0.272. The second-order valence-electron chi connectivity index (χ2n) is 1.58. The first-order valence-corrected chi connectivity index (χ1v) is 1.88. The molecule has 0 bridgehead atoms. The summed E-state index contributed by atoms with van der Waals surface area (Å²) in [6.07, 6.45) is 0. The quantitative estimate of drug-likeness (QED) is 0.441. The highest BCUT2D eigenvalue weighted by Gasteiger charge is 1.88. The molecule has 0 amide bonds. The van der Waals surface area contributed by atoms with Crippen LogP contribution in [0.2, 0.25) is 13.6 Å². The van der Waals surface area contributed by atoms with Crippen LogP contribution >= 0.6 is 0 Å². The van der Waals surface area contributed by atoms with Crippen molar-refractivity contribution in [1.29, 1.82) is 0 Å². The first-order valence-electron chi connectivity index (χ1n) is 1.88. The van der Waals surface area contributed by atoms with Gasteiger partial charge >= 0.3 is 0 Å². The molecular weight excluding hydrogens is 62.8 g/mol. The Morgan fingerprint density at radius 3 is 1.80 bits per heavy atom. The zero-order chi connectivity index (χ0) is 4.28. The molecule has 0 spiro atoms. The minimum atomic E-state index is 0.306. The topological polar surface area (TPSA) is 20.2 Å². The van der Waals surface area contributed by atoms with E-state index in [1.54, 1.807) is 0 Å². The SMILES string of the molecule is CB(C)CO. The summed E-state index contributed by atoms with van der Waals surface area (Å²) in [5.74, 6) is 0. The second kappa shape index (κ2) is 2.27. The highest BCUT2D eigenvalue weighted by atomic mass is 16.2. The van der Waals surface area contributed by atoms with E-state index in [1.807, 2.05) is 13.6 Å². The summed E-state index contributed by atoms with van der Waals surface area (Å²) in [5.41, 5.74) is 0. The second-order valence-corrected chi connectivity index (χ2v) is 1.58. The lowest BCUT2D eigenvalue weighted by molar-refractivity contribution is 0.363. The Morgan fingerprint density at radius 2 is 1.80 bits per heavy atom. The zero-order valence-electron chi connectivity index (χ0n) is 3.73. The van der Waals surface area contributed by atoms with E-state index >= 15 is 0 Å². The van der Waals surface area contributed by atoms with Crippen LogP contribution in [0.1, 0.15) is 0 Å². The van der Waals surface area contributed by atoms with Gasteiger partial charge in [-0.1, -0.05) is 13.6 Å². The van der Waals surface area contributed by atoms with Crippen LogP contribution in [-0.2, 0) is 0 Å². The van der Waals surface area contributed by atoms with Crippen LogP contribution in [0.25, 0.3) is 0 Å². The lowest BCUT2D eigenvalue weighted by Crippen LogP contribution is -2.05. The van der Waals surface area contributed by atoms with Crippen LogP contribution < -0.4 is 0 Å². The van der Waals surface area contributed by atoms with Gasteiger partial charge in [0.2, 0.25) is 0 Å². The van der Waals surface area contributed by atoms with Crippen LogP contribution in [0.4, 0.5) is 0 Å². The van der Waals surface area contributed by atoms with E-state index in [9.17, 15) is 0 Å². The molecule has 1 nitrogen and oxygen atoms in total. The number of aliphatic hydroxyl groups excluding tert-OH is 1. The number of hydrogen-bond acceptors (Lipinski definition) is 1. The normalized spacial score (nSPS) is 7.80. The summed E-state index contributed by atoms with van der Waals surface area (Å²) < 4.78 is 0. The van der Waals surface area contributed by atoms with Crippen molar-refractivity contribution in [2.45, 2.75) is 13.6 Å². The van der Waals surface area contributed by atoms with Crippen LogP contribution in [0, 0.1) is 0 Å². The molecule has 0 aliphatic heterocycles. The highest BCUT2D eigenvalue weighted by Crippen LogP contribution is 1.69. The predicted molar refractivity (Wildman–Crippen MR) is 24.6 cm³/mol. The molecule has 0 saturated carbocycles. The summed E-state index contributed by atoms with van der Waals surface area (Å²) in [5, 5.41) is 8.14.